The highest BCUT2D eigenvalue weighted by molar-refractivity contribution is 5.64. The Morgan fingerprint density at radius 3 is 1.86 bits per heavy atom. The van der Waals surface area contributed by atoms with Crippen LogP contribution < -0.4 is 5.32 Å². The molecule has 0 atom stereocenters. The Bertz CT molecular complexity index is 682. The van der Waals surface area contributed by atoms with Crippen LogP contribution in [0.4, 0.5) is 5.69 Å². The zero-order valence-corrected chi connectivity index (χ0v) is 12.2. The second-order valence-electron chi connectivity index (χ2n) is 5.28. The van der Waals surface area contributed by atoms with Crippen molar-refractivity contribution in [2.24, 2.45) is 0 Å². The normalized spacial score (nSPS) is 10.3. The van der Waals surface area contributed by atoms with Crippen molar-refractivity contribution in [3.05, 3.63) is 90.0 Å². The van der Waals surface area contributed by atoms with E-state index in [1.54, 1.807) is 0 Å². The number of anilines is 1. The van der Waals surface area contributed by atoms with Gasteiger partial charge in [-0.2, -0.15) is 0 Å². The first-order valence-electron chi connectivity index (χ1n) is 7.26. The lowest BCUT2D eigenvalue weighted by molar-refractivity contribution is 1.15. The van der Waals surface area contributed by atoms with Crippen molar-refractivity contribution in [1.82, 2.24) is 0 Å². The first-order chi connectivity index (χ1) is 10.3. The van der Waals surface area contributed by atoms with Crippen molar-refractivity contribution in [1.29, 1.82) is 0 Å². The number of benzene rings is 3. The van der Waals surface area contributed by atoms with Crippen molar-refractivity contribution < 1.29 is 0 Å². The summed E-state index contributed by atoms with van der Waals surface area (Å²) < 4.78 is 0. The summed E-state index contributed by atoms with van der Waals surface area (Å²) in [6.07, 6.45) is 0. The van der Waals surface area contributed by atoms with Crippen LogP contribution in [0.15, 0.2) is 78.9 Å². The zero-order chi connectivity index (χ0) is 14.5. The Morgan fingerprint density at radius 2 is 1.24 bits per heavy atom. The van der Waals surface area contributed by atoms with Gasteiger partial charge in [-0.05, 0) is 35.7 Å². The fourth-order valence-electron chi connectivity index (χ4n) is 2.32. The standard InChI is InChI=1S/C20H19N/c1-16-7-11-18(12-8-16)19-13-9-17(10-14-19)15-21-20-5-3-2-4-6-20/h2-14,21H,15H2,1H3. The van der Waals surface area contributed by atoms with Crippen LogP contribution in [0.1, 0.15) is 11.1 Å². The van der Waals surface area contributed by atoms with E-state index in [0.29, 0.717) is 0 Å². The molecule has 0 unspecified atom stereocenters. The number of rotatable bonds is 4. The van der Waals surface area contributed by atoms with Crippen LogP contribution in [0.25, 0.3) is 11.1 Å². The summed E-state index contributed by atoms with van der Waals surface area (Å²) in [5.74, 6) is 0. The summed E-state index contributed by atoms with van der Waals surface area (Å²) in [5, 5.41) is 3.43. The third kappa shape index (κ3) is 3.51. The Kier molecular flexibility index (Phi) is 4.02. The molecule has 0 spiro atoms. The fourth-order valence-corrected chi connectivity index (χ4v) is 2.32. The molecule has 0 fully saturated rings. The van der Waals surface area contributed by atoms with Gasteiger partial charge in [-0.3, -0.25) is 0 Å². The number of nitrogens with one attached hydrogen (secondary N) is 1. The second kappa shape index (κ2) is 6.27. The minimum atomic E-state index is 0.845. The van der Waals surface area contributed by atoms with E-state index >= 15 is 0 Å². The molecule has 0 aliphatic heterocycles. The van der Waals surface area contributed by atoms with E-state index in [1.165, 1.54) is 22.3 Å². The minimum Gasteiger partial charge on any atom is -0.381 e. The van der Waals surface area contributed by atoms with Crippen LogP contribution in [0.3, 0.4) is 0 Å². The maximum atomic E-state index is 3.43. The van der Waals surface area contributed by atoms with Gasteiger partial charge in [0.15, 0.2) is 0 Å². The summed E-state index contributed by atoms with van der Waals surface area (Å²) in [5.41, 5.74) is 6.26. The van der Waals surface area contributed by atoms with E-state index in [4.69, 9.17) is 0 Å². The van der Waals surface area contributed by atoms with Gasteiger partial charge in [-0.1, -0.05) is 72.3 Å². The molecule has 1 N–H and O–H groups in total. The predicted octanol–water partition coefficient (Wildman–Crippen LogP) is 5.27. The van der Waals surface area contributed by atoms with E-state index in [1.807, 2.05) is 18.2 Å². The highest BCUT2D eigenvalue weighted by Crippen LogP contribution is 2.20. The van der Waals surface area contributed by atoms with Crippen LogP contribution >= 0.6 is 0 Å². The SMILES string of the molecule is Cc1ccc(-c2ccc(CNc3ccccc3)cc2)cc1. The van der Waals surface area contributed by atoms with E-state index in [2.05, 4.69) is 72.9 Å². The molecule has 1 heteroatoms. The smallest absolute Gasteiger partial charge is 0.0400 e. The molecule has 3 aromatic carbocycles. The van der Waals surface area contributed by atoms with Crippen LogP contribution in [0, 0.1) is 6.92 Å². The largest absolute Gasteiger partial charge is 0.381 e. The third-order valence-electron chi connectivity index (χ3n) is 3.61. The van der Waals surface area contributed by atoms with Gasteiger partial charge in [0.05, 0.1) is 0 Å². The molecule has 3 rings (SSSR count). The van der Waals surface area contributed by atoms with E-state index in [0.717, 1.165) is 12.2 Å². The van der Waals surface area contributed by atoms with Crippen LogP contribution in [-0.4, -0.2) is 0 Å². The molecule has 104 valence electrons. The number of aryl methyl sites for hydroxylation is 1. The lowest BCUT2D eigenvalue weighted by Crippen LogP contribution is -1.98. The molecule has 0 radical (unpaired) electrons. The molecule has 0 aliphatic carbocycles. The van der Waals surface area contributed by atoms with Crippen molar-refractivity contribution in [2.45, 2.75) is 13.5 Å². The first-order valence-corrected chi connectivity index (χ1v) is 7.26. The van der Waals surface area contributed by atoms with E-state index < -0.39 is 0 Å². The van der Waals surface area contributed by atoms with Crippen molar-refractivity contribution in [3.8, 4) is 11.1 Å². The molecule has 0 saturated heterocycles. The molecule has 0 aliphatic rings. The van der Waals surface area contributed by atoms with Gasteiger partial charge >= 0.3 is 0 Å². The summed E-state index contributed by atoms with van der Waals surface area (Å²) in [6.45, 7) is 2.96. The van der Waals surface area contributed by atoms with Gasteiger partial charge in [0.1, 0.15) is 0 Å². The van der Waals surface area contributed by atoms with Crippen molar-refractivity contribution in [2.75, 3.05) is 5.32 Å². The minimum absolute atomic E-state index is 0.845. The predicted molar refractivity (Wildman–Crippen MR) is 90.4 cm³/mol. The monoisotopic (exact) mass is 273 g/mol. The molecule has 0 heterocycles. The van der Waals surface area contributed by atoms with Gasteiger partial charge in [0.2, 0.25) is 0 Å². The molecular weight excluding hydrogens is 254 g/mol. The van der Waals surface area contributed by atoms with Gasteiger partial charge in [-0.25, -0.2) is 0 Å². The number of para-hydroxylation sites is 1. The average Bonchev–Trinajstić information content (AvgIpc) is 2.55. The highest BCUT2D eigenvalue weighted by Gasteiger charge is 1.98. The topological polar surface area (TPSA) is 12.0 Å². The Hall–Kier alpha value is -2.54. The van der Waals surface area contributed by atoms with E-state index in [-0.39, 0.29) is 0 Å². The lowest BCUT2D eigenvalue weighted by atomic mass is 10.0. The Morgan fingerprint density at radius 1 is 0.667 bits per heavy atom. The quantitative estimate of drug-likeness (QED) is 0.682. The Labute approximate surface area is 126 Å². The van der Waals surface area contributed by atoms with Gasteiger partial charge in [0, 0.05) is 12.2 Å². The summed E-state index contributed by atoms with van der Waals surface area (Å²) in [4.78, 5) is 0. The maximum absolute atomic E-state index is 3.43. The Balaban J connectivity index is 1.68. The average molecular weight is 273 g/mol. The molecule has 0 bridgehead atoms. The van der Waals surface area contributed by atoms with Gasteiger partial charge in [0.25, 0.3) is 0 Å². The second-order valence-corrected chi connectivity index (χ2v) is 5.28. The summed E-state index contributed by atoms with van der Waals surface area (Å²) in [7, 11) is 0. The first kappa shape index (κ1) is 13.4. The molecule has 0 saturated carbocycles. The van der Waals surface area contributed by atoms with Crippen LogP contribution in [-0.2, 0) is 6.54 Å². The van der Waals surface area contributed by atoms with E-state index in [9.17, 15) is 0 Å². The van der Waals surface area contributed by atoms with Gasteiger partial charge < -0.3 is 5.32 Å². The lowest BCUT2D eigenvalue weighted by Gasteiger charge is -2.08. The maximum Gasteiger partial charge on any atom is 0.0400 e. The summed E-state index contributed by atoms with van der Waals surface area (Å²) in [6, 6.07) is 27.7. The molecule has 0 amide bonds. The van der Waals surface area contributed by atoms with Crippen molar-refractivity contribution in [3.63, 3.8) is 0 Å². The molecule has 1 nitrogen and oxygen atoms in total. The van der Waals surface area contributed by atoms with Crippen LogP contribution in [0.2, 0.25) is 0 Å². The molecule has 0 aromatic heterocycles. The third-order valence-corrected chi connectivity index (χ3v) is 3.61. The van der Waals surface area contributed by atoms with Crippen molar-refractivity contribution >= 4 is 5.69 Å². The van der Waals surface area contributed by atoms with Gasteiger partial charge in [-0.15, -0.1) is 0 Å². The van der Waals surface area contributed by atoms with Crippen LogP contribution in [0.5, 0.6) is 0 Å². The highest BCUT2D eigenvalue weighted by atomic mass is 14.9. The summed E-state index contributed by atoms with van der Waals surface area (Å²) >= 11 is 0. The zero-order valence-electron chi connectivity index (χ0n) is 12.2. The number of hydrogen-bond acceptors (Lipinski definition) is 1. The molecule has 21 heavy (non-hydrogen) atoms. The fraction of sp³-hybridized carbons (Fsp3) is 0.100. The number of hydrogen-bond donors (Lipinski definition) is 1. The molecule has 3 aromatic rings. The molecular formula is C20H19N.